The van der Waals surface area contributed by atoms with Crippen molar-refractivity contribution in [3.63, 3.8) is 0 Å². The molecule has 0 fully saturated rings. The first-order valence-corrected chi connectivity index (χ1v) is 8.34. The molecule has 0 unspecified atom stereocenters. The van der Waals surface area contributed by atoms with Gasteiger partial charge in [0.2, 0.25) is 5.91 Å². The lowest BCUT2D eigenvalue weighted by Gasteiger charge is -2.10. The molecule has 0 aliphatic carbocycles. The first kappa shape index (κ1) is 16.8. The van der Waals surface area contributed by atoms with Crippen LogP contribution in [0.15, 0.2) is 53.9 Å². The summed E-state index contributed by atoms with van der Waals surface area (Å²) in [6.45, 7) is 0. The second kappa shape index (κ2) is 7.23. The minimum absolute atomic E-state index is 0. The monoisotopic (exact) mass is 358 g/mol. The molecule has 130 valence electrons. The van der Waals surface area contributed by atoms with Gasteiger partial charge in [-0.15, -0.1) is 11.3 Å². The number of halogens is 1. The lowest BCUT2D eigenvalue weighted by atomic mass is 10.1. The van der Waals surface area contributed by atoms with Crippen LogP contribution in [0.5, 0.6) is 0 Å². The number of hydrogen-bond acceptors (Lipinski definition) is 5. The highest BCUT2D eigenvalue weighted by Gasteiger charge is 2.13. The minimum atomic E-state index is -0.443. The number of carbonyl (C=O) groups is 1. The Bertz CT molecular complexity index is 935. The third-order valence-electron chi connectivity index (χ3n) is 3.46. The van der Waals surface area contributed by atoms with Crippen molar-refractivity contribution in [3.8, 4) is 0 Å². The van der Waals surface area contributed by atoms with E-state index in [4.69, 9.17) is 11.1 Å². The van der Waals surface area contributed by atoms with Crippen LogP contribution in [0.1, 0.15) is 19.0 Å². The van der Waals surface area contributed by atoms with Gasteiger partial charge >= 0.3 is 0 Å². The minimum Gasteiger partial charge on any atom is -0.397 e. The molecule has 0 aliphatic rings. The summed E-state index contributed by atoms with van der Waals surface area (Å²) in [5.74, 6) is -0.351. The predicted octanol–water partition coefficient (Wildman–Crippen LogP) is 3.95. The average molecular weight is 358 g/mol. The Balaban J connectivity index is 0.00000182. The summed E-state index contributed by atoms with van der Waals surface area (Å²) in [6.07, 6.45) is 0.250. The Morgan fingerprint density at radius 1 is 1.28 bits per heavy atom. The van der Waals surface area contributed by atoms with E-state index in [0.29, 0.717) is 11.4 Å². The molecule has 0 bridgehead atoms. The summed E-state index contributed by atoms with van der Waals surface area (Å²) < 4.78 is 13.4. The molecule has 0 saturated heterocycles. The number of aromatic nitrogens is 1. The number of nitrogens with one attached hydrogen (secondary N) is 2. The Morgan fingerprint density at radius 2 is 2.12 bits per heavy atom. The van der Waals surface area contributed by atoms with Gasteiger partial charge in [-0.05, 0) is 35.7 Å². The number of nitrogens with zero attached hydrogens (tertiary/aromatic N) is 1. The van der Waals surface area contributed by atoms with Gasteiger partial charge in [0.05, 0.1) is 17.8 Å². The van der Waals surface area contributed by atoms with Crippen molar-refractivity contribution in [2.45, 2.75) is 6.42 Å². The van der Waals surface area contributed by atoms with Gasteiger partial charge in [0, 0.05) is 13.3 Å². The fourth-order valence-electron chi connectivity index (χ4n) is 2.28. The van der Waals surface area contributed by atoms with E-state index in [9.17, 15) is 9.18 Å². The van der Waals surface area contributed by atoms with Gasteiger partial charge in [0.15, 0.2) is 0 Å². The van der Waals surface area contributed by atoms with E-state index in [0.717, 1.165) is 4.88 Å². The van der Waals surface area contributed by atoms with E-state index in [1.165, 1.54) is 29.5 Å². The SMILES string of the molecule is N=C(c1cccc(F)c1)c1nc(NC(=O)Cc2cccs2)ccc1N.[HH].[HH]. The second-order valence-corrected chi connectivity index (χ2v) is 6.36. The molecule has 3 aromatic rings. The van der Waals surface area contributed by atoms with Crippen LogP contribution in [0.3, 0.4) is 0 Å². The van der Waals surface area contributed by atoms with Gasteiger partial charge in [-0.2, -0.15) is 0 Å². The van der Waals surface area contributed by atoms with Gasteiger partial charge in [0.25, 0.3) is 0 Å². The Morgan fingerprint density at radius 3 is 2.84 bits per heavy atom. The Kier molecular flexibility index (Phi) is 4.85. The molecule has 4 N–H and O–H groups in total. The number of amides is 1. The number of carbonyl (C=O) groups excluding carboxylic acids is 1. The molecule has 0 radical (unpaired) electrons. The normalized spacial score (nSPS) is 10.4. The summed E-state index contributed by atoms with van der Waals surface area (Å²) in [6, 6.07) is 12.6. The number of hydrogen-bond donors (Lipinski definition) is 3. The third-order valence-corrected chi connectivity index (χ3v) is 4.34. The van der Waals surface area contributed by atoms with Gasteiger partial charge in [-0.25, -0.2) is 9.37 Å². The van der Waals surface area contributed by atoms with Crippen molar-refractivity contribution in [1.29, 1.82) is 5.41 Å². The number of anilines is 2. The highest BCUT2D eigenvalue weighted by molar-refractivity contribution is 7.10. The molecule has 3 rings (SSSR count). The number of rotatable bonds is 5. The number of benzene rings is 1. The molecule has 7 heteroatoms. The fraction of sp³-hybridized carbons (Fsp3) is 0.0556. The zero-order chi connectivity index (χ0) is 17.8. The van der Waals surface area contributed by atoms with Crippen LogP contribution < -0.4 is 11.1 Å². The van der Waals surface area contributed by atoms with Crippen LogP contribution in [-0.2, 0) is 11.2 Å². The van der Waals surface area contributed by atoms with Crippen molar-refractivity contribution in [3.05, 3.63) is 75.9 Å². The molecule has 1 amide bonds. The van der Waals surface area contributed by atoms with Crippen LogP contribution in [0.2, 0.25) is 0 Å². The average Bonchev–Trinajstić information content (AvgIpc) is 3.09. The second-order valence-electron chi connectivity index (χ2n) is 5.32. The largest absolute Gasteiger partial charge is 0.397 e. The van der Waals surface area contributed by atoms with Gasteiger partial charge in [-0.3, -0.25) is 10.2 Å². The third kappa shape index (κ3) is 4.07. The van der Waals surface area contributed by atoms with E-state index >= 15 is 0 Å². The Hall–Kier alpha value is -3.06. The van der Waals surface area contributed by atoms with Gasteiger partial charge in [-0.1, -0.05) is 18.2 Å². The molecular formula is C18H19FN4OS. The van der Waals surface area contributed by atoms with Gasteiger partial charge in [0.1, 0.15) is 17.3 Å². The maximum atomic E-state index is 13.4. The Labute approximate surface area is 150 Å². The molecule has 5 nitrogen and oxygen atoms in total. The van der Waals surface area contributed by atoms with Crippen LogP contribution in [0.25, 0.3) is 0 Å². The molecule has 2 heterocycles. The van der Waals surface area contributed by atoms with E-state index in [-0.39, 0.29) is 32.3 Å². The first-order chi connectivity index (χ1) is 12.0. The topological polar surface area (TPSA) is 91.9 Å². The summed E-state index contributed by atoms with van der Waals surface area (Å²) in [5, 5.41) is 12.8. The standard InChI is InChI=1S/C18H15FN4OS.2H2/c19-12-4-1-3-11(9-12)17(21)18-14(20)6-7-15(23-18)22-16(24)10-13-5-2-8-25-13;;/h1-9,21H,10,20H2,(H,22,23,24);2*1H. The highest BCUT2D eigenvalue weighted by atomic mass is 32.1. The van der Waals surface area contributed by atoms with E-state index in [2.05, 4.69) is 10.3 Å². The van der Waals surface area contributed by atoms with Crippen LogP contribution in [0, 0.1) is 11.2 Å². The number of nitrogen functional groups attached to an aromatic ring is 1. The molecule has 1 aromatic carbocycles. The van der Waals surface area contributed by atoms with Crippen LogP contribution >= 0.6 is 11.3 Å². The van der Waals surface area contributed by atoms with Crippen molar-refractivity contribution in [1.82, 2.24) is 4.98 Å². The molecule has 25 heavy (non-hydrogen) atoms. The van der Waals surface area contributed by atoms with Crippen molar-refractivity contribution in [2.75, 3.05) is 11.1 Å². The van der Waals surface area contributed by atoms with Gasteiger partial charge < -0.3 is 11.1 Å². The molecular weight excluding hydrogens is 339 g/mol. The van der Waals surface area contributed by atoms with E-state index in [1.54, 1.807) is 18.2 Å². The number of pyridine rings is 1. The molecule has 0 spiro atoms. The summed E-state index contributed by atoms with van der Waals surface area (Å²) in [4.78, 5) is 17.3. The maximum absolute atomic E-state index is 13.4. The zero-order valence-electron chi connectivity index (χ0n) is 13.1. The summed E-state index contributed by atoms with van der Waals surface area (Å²) >= 11 is 1.50. The van der Waals surface area contributed by atoms with Crippen molar-refractivity contribution in [2.24, 2.45) is 0 Å². The lowest BCUT2D eigenvalue weighted by molar-refractivity contribution is -0.115. The molecule has 0 atom stereocenters. The van der Waals surface area contributed by atoms with Crippen LogP contribution in [0.4, 0.5) is 15.9 Å². The molecule has 0 saturated carbocycles. The van der Waals surface area contributed by atoms with Crippen molar-refractivity contribution >= 4 is 34.5 Å². The van der Waals surface area contributed by atoms with Crippen molar-refractivity contribution < 1.29 is 12.0 Å². The van der Waals surface area contributed by atoms with E-state index in [1.807, 2.05) is 17.5 Å². The van der Waals surface area contributed by atoms with Crippen LogP contribution in [-0.4, -0.2) is 16.6 Å². The summed E-state index contributed by atoms with van der Waals surface area (Å²) in [5.41, 5.74) is 6.73. The smallest absolute Gasteiger partial charge is 0.230 e. The maximum Gasteiger partial charge on any atom is 0.230 e. The predicted molar refractivity (Wildman–Crippen MR) is 102 cm³/mol. The highest BCUT2D eigenvalue weighted by Crippen LogP contribution is 2.18. The number of thiophene rings is 1. The quantitative estimate of drug-likeness (QED) is 0.603. The molecule has 0 aliphatic heterocycles. The van der Waals surface area contributed by atoms with E-state index < -0.39 is 5.82 Å². The number of nitrogens with two attached hydrogens (primary N) is 1. The summed E-state index contributed by atoms with van der Waals surface area (Å²) in [7, 11) is 0. The zero-order valence-corrected chi connectivity index (χ0v) is 13.9. The lowest BCUT2D eigenvalue weighted by Crippen LogP contribution is -2.17. The fourth-order valence-corrected chi connectivity index (χ4v) is 2.98. The molecule has 2 aromatic heterocycles. The first-order valence-electron chi connectivity index (χ1n) is 7.46.